The van der Waals surface area contributed by atoms with Gasteiger partial charge in [-0.05, 0) is 31.5 Å². The normalized spacial score (nSPS) is 11.3. The smallest absolute Gasteiger partial charge is 0.220 e. The number of benzene rings is 3. The van der Waals surface area contributed by atoms with Crippen LogP contribution in [0.2, 0.25) is 0 Å². The highest BCUT2D eigenvalue weighted by atomic mass is 19.1. The van der Waals surface area contributed by atoms with Crippen molar-refractivity contribution in [3.63, 3.8) is 0 Å². The molecule has 0 saturated carbocycles. The standard InChI is InChI=1S/C22H14F2O4/c1-10-19(26)16(23)7-14-18(13-5-3-12(9-25)4-6-13)15-8-17(24)20(27)11(2)22(15)28-21(10)14/h3-9,26H,1-2H3. The second-order valence-electron chi connectivity index (χ2n) is 6.61. The van der Waals surface area contributed by atoms with Crippen molar-refractivity contribution in [2.24, 2.45) is 0 Å². The predicted molar refractivity (Wildman–Crippen MR) is 101 cm³/mol. The molecule has 0 saturated heterocycles. The third-order valence-electron chi connectivity index (χ3n) is 4.93. The van der Waals surface area contributed by atoms with E-state index in [9.17, 15) is 23.5 Å². The van der Waals surface area contributed by atoms with Gasteiger partial charge in [0.2, 0.25) is 5.43 Å². The van der Waals surface area contributed by atoms with E-state index in [2.05, 4.69) is 0 Å². The highest BCUT2D eigenvalue weighted by Crippen LogP contribution is 2.44. The lowest BCUT2D eigenvalue weighted by molar-refractivity contribution is 0.112. The molecule has 0 amide bonds. The number of fused-ring (bicyclic) bond motifs is 2. The van der Waals surface area contributed by atoms with Crippen molar-refractivity contribution in [3.8, 4) is 28.2 Å². The number of phenols is 1. The van der Waals surface area contributed by atoms with Gasteiger partial charge in [0, 0.05) is 33.2 Å². The number of aryl methyl sites for hydroxylation is 1. The Balaban J connectivity index is 2.26. The minimum Gasteiger partial charge on any atom is -0.505 e. The summed E-state index contributed by atoms with van der Waals surface area (Å²) < 4.78 is 34.4. The lowest BCUT2D eigenvalue weighted by Crippen LogP contribution is -2.12. The van der Waals surface area contributed by atoms with E-state index in [4.69, 9.17) is 4.42 Å². The number of rotatable bonds is 2. The quantitative estimate of drug-likeness (QED) is 0.393. The van der Waals surface area contributed by atoms with Crippen molar-refractivity contribution < 1.29 is 23.1 Å². The molecule has 0 fully saturated rings. The summed E-state index contributed by atoms with van der Waals surface area (Å²) >= 11 is 0. The summed E-state index contributed by atoms with van der Waals surface area (Å²) in [5.41, 5.74) is 1.41. The van der Waals surface area contributed by atoms with Crippen molar-refractivity contribution in [1.82, 2.24) is 0 Å². The largest absolute Gasteiger partial charge is 0.505 e. The Morgan fingerprint density at radius 2 is 1.68 bits per heavy atom. The van der Waals surface area contributed by atoms with E-state index >= 15 is 0 Å². The van der Waals surface area contributed by atoms with Crippen LogP contribution in [0.15, 0.2) is 45.6 Å². The summed E-state index contributed by atoms with van der Waals surface area (Å²) in [5.74, 6) is -2.19. The van der Waals surface area contributed by atoms with Crippen LogP contribution >= 0.6 is 0 Å². The van der Waals surface area contributed by atoms with Gasteiger partial charge >= 0.3 is 0 Å². The third kappa shape index (κ3) is 2.49. The van der Waals surface area contributed by atoms with Crippen molar-refractivity contribution in [2.75, 3.05) is 0 Å². The van der Waals surface area contributed by atoms with Crippen LogP contribution in [0.3, 0.4) is 0 Å². The van der Waals surface area contributed by atoms with Crippen LogP contribution in [0.25, 0.3) is 33.4 Å². The van der Waals surface area contributed by atoms with Gasteiger partial charge in [0.05, 0.1) is 0 Å². The number of aldehydes is 1. The Morgan fingerprint density at radius 3 is 2.32 bits per heavy atom. The fourth-order valence-electron chi connectivity index (χ4n) is 3.41. The summed E-state index contributed by atoms with van der Waals surface area (Å²) in [6.45, 7) is 2.94. The van der Waals surface area contributed by atoms with Gasteiger partial charge < -0.3 is 9.52 Å². The van der Waals surface area contributed by atoms with E-state index in [1.54, 1.807) is 24.3 Å². The first-order chi connectivity index (χ1) is 13.3. The van der Waals surface area contributed by atoms with Gasteiger partial charge in [-0.3, -0.25) is 9.59 Å². The number of phenolic OH excluding ortho intramolecular Hbond substituents is 1. The van der Waals surface area contributed by atoms with Crippen LogP contribution in [0.4, 0.5) is 8.78 Å². The zero-order valence-electron chi connectivity index (χ0n) is 15.0. The van der Waals surface area contributed by atoms with Gasteiger partial charge in [-0.1, -0.05) is 24.3 Å². The molecule has 0 atom stereocenters. The first kappa shape index (κ1) is 17.9. The molecule has 28 heavy (non-hydrogen) atoms. The molecule has 0 unspecified atom stereocenters. The monoisotopic (exact) mass is 380 g/mol. The third-order valence-corrected chi connectivity index (χ3v) is 4.93. The van der Waals surface area contributed by atoms with Crippen molar-refractivity contribution in [2.45, 2.75) is 13.8 Å². The first-order valence-corrected chi connectivity index (χ1v) is 8.46. The molecule has 6 heteroatoms. The maximum atomic E-state index is 14.3. The fourth-order valence-corrected chi connectivity index (χ4v) is 3.41. The lowest BCUT2D eigenvalue weighted by atomic mass is 9.90. The van der Waals surface area contributed by atoms with Crippen LogP contribution < -0.4 is 5.43 Å². The highest BCUT2D eigenvalue weighted by Gasteiger charge is 2.25. The molecule has 1 aliphatic heterocycles. The molecule has 1 aliphatic carbocycles. The Bertz CT molecular complexity index is 1290. The number of aromatic hydroxyl groups is 1. The zero-order chi connectivity index (χ0) is 20.2. The Labute approximate surface area is 158 Å². The summed E-state index contributed by atoms with van der Waals surface area (Å²) in [4.78, 5) is 23.0. The molecule has 140 valence electrons. The number of hydrogen-bond donors (Lipinski definition) is 1. The van der Waals surface area contributed by atoms with Crippen LogP contribution in [0, 0.1) is 25.5 Å². The molecule has 0 spiro atoms. The molecular formula is C22H14F2O4. The highest BCUT2D eigenvalue weighted by molar-refractivity contribution is 6.03. The van der Waals surface area contributed by atoms with Crippen molar-refractivity contribution in [1.29, 1.82) is 0 Å². The fraction of sp³-hybridized carbons (Fsp3) is 0.0909. The van der Waals surface area contributed by atoms with Gasteiger partial charge in [0.15, 0.2) is 17.4 Å². The topological polar surface area (TPSA) is 67.5 Å². The summed E-state index contributed by atoms with van der Waals surface area (Å²) in [6, 6.07) is 8.64. The van der Waals surface area contributed by atoms with Crippen molar-refractivity contribution >= 4 is 17.3 Å². The molecule has 0 radical (unpaired) electrons. The van der Waals surface area contributed by atoms with Gasteiger partial charge in [-0.15, -0.1) is 0 Å². The van der Waals surface area contributed by atoms with Crippen LogP contribution in [-0.2, 0) is 0 Å². The molecule has 4 rings (SSSR count). The molecule has 2 aromatic carbocycles. The Hall–Kier alpha value is -3.54. The van der Waals surface area contributed by atoms with E-state index < -0.39 is 22.8 Å². The summed E-state index contributed by atoms with van der Waals surface area (Å²) in [6.07, 6.45) is 0.690. The molecule has 1 heterocycles. The predicted octanol–water partition coefficient (Wildman–Crippen LogP) is 4.98. The van der Waals surface area contributed by atoms with Gasteiger partial charge in [-0.2, -0.15) is 0 Å². The molecule has 2 aliphatic rings. The lowest BCUT2D eigenvalue weighted by Gasteiger charge is -2.18. The van der Waals surface area contributed by atoms with Crippen LogP contribution in [-0.4, -0.2) is 11.4 Å². The molecule has 0 aromatic heterocycles. The molecular weight excluding hydrogens is 366 g/mol. The Morgan fingerprint density at radius 1 is 1.00 bits per heavy atom. The zero-order valence-corrected chi connectivity index (χ0v) is 15.0. The average molecular weight is 380 g/mol. The number of halogens is 2. The van der Waals surface area contributed by atoms with Crippen LogP contribution in [0.5, 0.6) is 5.75 Å². The van der Waals surface area contributed by atoms with Gasteiger partial charge in [0.25, 0.3) is 0 Å². The van der Waals surface area contributed by atoms with E-state index in [0.29, 0.717) is 33.9 Å². The van der Waals surface area contributed by atoms with Crippen molar-refractivity contribution in [3.05, 3.63) is 74.9 Å². The first-order valence-electron chi connectivity index (χ1n) is 8.46. The van der Waals surface area contributed by atoms with Gasteiger partial charge in [-0.25, -0.2) is 8.78 Å². The minimum atomic E-state index is -0.943. The average Bonchev–Trinajstić information content (AvgIpc) is 2.70. The minimum absolute atomic E-state index is 0.0749. The number of hydrogen-bond acceptors (Lipinski definition) is 4. The molecule has 2 aromatic rings. The van der Waals surface area contributed by atoms with E-state index in [-0.39, 0.29) is 22.5 Å². The second-order valence-corrected chi connectivity index (χ2v) is 6.61. The van der Waals surface area contributed by atoms with E-state index in [0.717, 1.165) is 12.1 Å². The maximum Gasteiger partial charge on any atom is 0.220 e. The van der Waals surface area contributed by atoms with E-state index in [1.807, 2.05) is 0 Å². The molecule has 0 bridgehead atoms. The summed E-state index contributed by atoms with van der Waals surface area (Å²) in [7, 11) is 0. The SMILES string of the molecule is Cc1c2oc3c(C)c(O)c(F)cc3c(-c3ccc(C=O)cc3)c-2cc(F)c1=O. The Kier molecular flexibility index (Phi) is 4.00. The van der Waals surface area contributed by atoms with Gasteiger partial charge in [0.1, 0.15) is 17.6 Å². The maximum absolute atomic E-state index is 14.3. The number of carbonyl (C=O) groups excluding carboxylic acids is 1. The molecule has 1 N–H and O–H groups in total. The van der Waals surface area contributed by atoms with Crippen LogP contribution in [0.1, 0.15) is 21.5 Å². The summed E-state index contributed by atoms with van der Waals surface area (Å²) in [5, 5.41) is 10.3. The number of carbonyl (C=O) groups is 1. The molecule has 4 nitrogen and oxygen atoms in total. The van der Waals surface area contributed by atoms with E-state index in [1.165, 1.54) is 13.8 Å². The second kappa shape index (κ2) is 6.27.